The van der Waals surface area contributed by atoms with Gasteiger partial charge in [0.2, 0.25) is 0 Å². The summed E-state index contributed by atoms with van der Waals surface area (Å²) < 4.78 is 2.42. The quantitative estimate of drug-likeness (QED) is 0.180. The van der Waals surface area contributed by atoms with Crippen LogP contribution in [0.3, 0.4) is 0 Å². The average molecular weight is 741 g/mol. The predicted octanol–water partition coefficient (Wildman–Crippen LogP) is 13.7. The molecule has 0 saturated heterocycles. The Balaban J connectivity index is 1.05. The van der Waals surface area contributed by atoms with Gasteiger partial charge in [0.15, 0.2) is 17.5 Å². The summed E-state index contributed by atoms with van der Waals surface area (Å²) in [5.41, 5.74) is 11.6. The second-order valence-electron chi connectivity index (χ2n) is 16.0. The minimum absolute atomic E-state index is 0.109. The van der Waals surface area contributed by atoms with E-state index in [1.807, 2.05) is 0 Å². The van der Waals surface area contributed by atoms with Crippen molar-refractivity contribution in [3.63, 3.8) is 0 Å². The lowest BCUT2D eigenvalue weighted by Crippen LogP contribution is -2.23. The van der Waals surface area contributed by atoms with E-state index in [2.05, 4.69) is 200 Å². The molecule has 0 fully saturated rings. The SMILES string of the molecule is CC1(C)c2ccccc2-c2c3c1cccc3cc1c2c2ccccc2n1-c1ccc(-c2nc(-c3ccc4ccccc4c3)nc(-c3ccc4ccccc4c3)n2)cc1. The van der Waals surface area contributed by atoms with E-state index in [0.717, 1.165) is 33.2 Å². The highest BCUT2D eigenvalue weighted by atomic mass is 15.0. The van der Waals surface area contributed by atoms with Gasteiger partial charge in [-0.25, -0.2) is 15.0 Å². The Morgan fingerprint density at radius 1 is 0.397 bits per heavy atom. The van der Waals surface area contributed by atoms with Crippen LogP contribution < -0.4 is 0 Å². The monoisotopic (exact) mass is 740 g/mol. The molecule has 0 atom stereocenters. The number of para-hydroxylation sites is 1. The lowest BCUT2D eigenvalue weighted by Gasteiger charge is -2.35. The Hall–Kier alpha value is -7.43. The highest BCUT2D eigenvalue weighted by molar-refractivity contribution is 6.24. The minimum atomic E-state index is -0.109. The zero-order chi connectivity index (χ0) is 38.5. The Morgan fingerprint density at radius 2 is 0.931 bits per heavy atom. The van der Waals surface area contributed by atoms with E-state index in [1.54, 1.807) is 0 Å². The topological polar surface area (TPSA) is 43.6 Å². The summed E-state index contributed by atoms with van der Waals surface area (Å²) in [4.78, 5) is 15.4. The molecule has 2 heterocycles. The maximum Gasteiger partial charge on any atom is 0.164 e. The first-order valence-corrected chi connectivity index (χ1v) is 19.9. The third-order valence-electron chi connectivity index (χ3n) is 12.4. The van der Waals surface area contributed by atoms with Crippen LogP contribution in [0.2, 0.25) is 0 Å². The maximum absolute atomic E-state index is 5.14. The van der Waals surface area contributed by atoms with Gasteiger partial charge in [0, 0.05) is 44.1 Å². The Morgan fingerprint density at radius 3 is 1.62 bits per heavy atom. The molecule has 0 radical (unpaired) electrons. The van der Waals surface area contributed by atoms with Crippen LogP contribution in [0.5, 0.6) is 0 Å². The summed E-state index contributed by atoms with van der Waals surface area (Å²) in [5, 5.41) is 9.82. The van der Waals surface area contributed by atoms with E-state index < -0.39 is 0 Å². The fourth-order valence-electron chi connectivity index (χ4n) is 9.54. The van der Waals surface area contributed by atoms with Gasteiger partial charge in [-0.05, 0) is 97.5 Å². The fourth-order valence-corrected chi connectivity index (χ4v) is 9.54. The molecule has 0 aliphatic heterocycles. The first-order chi connectivity index (χ1) is 28.5. The smallest absolute Gasteiger partial charge is 0.164 e. The van der Waals surface area contributed by atoms with Gasteiger partial charge in [-0.15, -0.1) is 0 Å². The lowest BCUT2D eigenvalue weighted by molar-refractivity contribution is 0.645. The molecule has 11 aromatic rings. The van der Waals surface area contributed by atoms with Gasteiger partial charge >= 0.3 is 0 Å². The number of fused-ring (bicyclic) bond motifs is 8. The van der Waals surface area contributed by atoms with E-state index in [9.17, 15) is 0 Å². The number of benzene rings is 9. The van der Waals surface area contributed by atoms with Crippen LogP contribution in [-0.2, 0) is 5.41 Å². The molecule has 272 valence electrons. The van der Waals surface area contributed by atoms with Gasteiger partial charge in [0.1, 0.15) is 0 Å². The molecule has 0 unspecified atom stereocenters. The molecule has 0 N–H and O–H groups in total. The predicted molar refractivity (Wildman–Crippen MR) is 241 cm³/mol. The van der Waals surface area contributed by atoms with Crippen LogP contribution in [-0.4, -0.2) is 19.5 Å². The lowest BCUT2D eigenvalue weighted by atomic mass is 9.68. The van der Waals surface area contributed by atoms with Gasteiger partial charge in [0.05, 0.1) is 11.0 Å². The molecular formula is C54H36N4. The van der Waals surface area contributed by atoms with Crippen LogP contribution in [0.15, 0.2) is 182 Å². The second-order valence-corrected chi connectivity index (χ2v) is 16.0. The largest absolute Gasteiger partial charge is 0.309 e. The average Bonchev–Trinajstić information content (AvgIpc) is 3.61. The Bertz CT molecular complexity index is 3380. The van der Waals surface area contributed by atoms with E-state index in [4.69, 9.17) is 15.0 Å². The summed E-state index contributed by atoms with van der Waals surface area (Å²) in [5.74, 6) is 1.93. The normalized spacial score (nSPS) is 13.1. The molecule has 1 aliphatic rings. The van der Waals surface area contributed by atoms with Gasteiger partial charge in [-0.3, -0.25) is 0 Å². The summed E-state index contributed by atoms with van der Waals surface area (Å²) in [6.07, 6.45) is 0. The third-order valence-corrected chi connectivity index (χ3v) is 12.4. The molecule has 12 rings (SSSR count). The number of aromatic nitrogens is 4. The van der Waals surface area contributed by atoms with Crippen LogP contribution in [0, 0.1) is 0 Å². The van der Waals surface area contributed by atoms with Crippen molar-refractivity contribution in [3.05, 3.63) is 193 Å². The summed E-state index contributed by atoms with van der Waals surface area (Å²) in [7, 11) is 0. The molecule has 0 saturated carbocycles. The van der Waals surface area contributed by atoms with Crippen LogP contribution >= 0.6 is 0 Å². The number of hydrogen-bond donors (Lipinski definition) is 0. The van der Waals surface area contributed by atoms with Crippen LogP contribution in [0.4, 0.5) is 0 Å². The first kappa shape index (κ1) is 32.8. The zero-order valence-electron chi connectivity index (χ0n) is 32.1. The standard InChI is InChI=1S/C54H36N4/c1-54(2)44-19-9-7-17-42(44)50-48-38(16-11-20-45(48)54)32-47-49(50)43-18-8-10-21-46(43)58(47)41-28-26-35(27-29-41)51-55-52(39-24-22-33-12-3-5-14-36(33)30-39)57-53(56-51)40-25-23-34-13-4-6-15-37(34)31-40/h3-32H,1-2H3. The molecule has 4 nitrogen and oxygen atoms in total. The Labute approximate surface area is 335 Å². The van der Waals surface area contributed by atoms with E-state index in [1.165, 1.54) is 65.6 Å². The van der Waals surface area contributed by atoms with Crippen LogP contribution in [0.25, 0.3) is 105 Å². The van der Waals surface area contributed by atoms with Gasteiger partial charge in [-0.2, -0.15) is 0 Å². The van der Waals surface area contributed by atoms with Crippen molar-refractivity contribution in [2.45, 2.75) is 19.3 Å². The van der Waals surface area contributed by atoms with Crippen molar-refractivity contribution >= 4 is 54.1 Å². The first-order valence-electron chi connectivity index (χ1n) is 19.9. The summed E-state index contributed by atoms with van der Waals surface area (Å²) in [6.45, 7) is 4.72. The van der Waals surface area contributed by atoms with Crippen LogP contribution in [0.1, 0.15) is 25.0 Å². The molecule has 9 aromatic carbocycles. The number of rotatable bonds is 4. The molecule has 4 heteroatoms. The highest BCUT2D eigenvalue weighted by Crippen LogP contribution is 2.53. The number of nitrogens with zero attached hydrogens (tertiary/aromatic N) is 4. The van der Waals surface area contributed by atoms with Crippen molar-refractivity contribution in [3.8, 4) is 51.0 Å². The van der Waals surface area contributed by atoms with Crippen molar-refractivity contribution in [1.82, 2.24) is 19.5 Å². The fraction of sp³-hybridized carbons (Fsp3) is 0.0556. The third kappa shape index (κ3) is 4.85. The molecule has 2 aromatic heterocycles. The van der Waals surface area contributed by atoms with E-state index in [-0.39, 0.29) is 5.41 Å². The molecule has 0 amide bonds. The minimum Gasteiger partial charge on any atom is -0.309 e. The van der Waals surface area contributed by atoms with Gasteiger partial charge in [0.25, 0.3) is 0 Å². The Kier molecular flexibility index (Phi) is 6.94. The zero-order valence-corrected chi connectivity index (χ0v) is 32.1. The molecular weight excluding hydrogens is 705 g/mol. The molecule has 0 bridgehead atoms. The molecule has 0 spiro atoms. The summed E-state index contributed by atoms with van der Waals surface area (Å²) in [6, 6.07) is 65.4. The molecule has 1 aliphatic carbocycles. The molecule has 58 heavy (non-hydrogen) atoms. The van der Waals surface area contributed by atoms with E-state index in [0.29, 0.717) is 17.5 Å². The second kappa shape index (κ2) is 12.3. The van der Waals surface area contributed by atoms with Crippen molar-refractivity contribution in [2.75, 3.05) is 0 Å². The van der Waals surface area contributed by atoms with Crippen molar-refractivity contribution < 1.29 is 0 Å². The van der Waals surface area contributed by atoms with Crippen molar-refractivity contribution in [1.29, 1.82) is 0 Å². The number of hydrogen-bond acceptors (Lipinski definition) is 3. The maximum atomic E-state index is 5.14. The van der Waals surface area contributed by atoms with Gasteiger partial charge < -0.3 is 4.57 Å². The van der Waals surface area contributed by atoms with Gasteiger partial charge in [-0.1, -0.05) is 147 Å². The summed E-state index contributed by atoms with van der Waals surface area (Å²) >= 11 is 0. The highest BCUT2D eigenvalue weighted by Gasteiger charge is 2.35. The van der Waals surface area contributed by atoms with E-state index >= 15 is 0 Å². The van der Waals surface area contributed by atoms with Crippen molar-refractivity contribution in [2.24, 2.45) is 0 Å².